The van der Waals surface area contributed by atoms with Crippen LogP contribution in [0.15, 0.2) is 0 Å². The summed E-state index contributed by atoms with van der Waals surface area (Å²) in [5, 5.41) is 2.37. The predicted molar refractivity (Wildman–Crippen MR) is 65.0 cm³/mol. The number of fused-ring (bicyclic) bond motifs is 1. The van der Waals surface area contributed by atoms with E-state index in [1.165, 1.54) is 70.8 Å². The zero-order chi connectivity index (χ0) is 10.8. The molecule has 3 rings (SSSR count). The second-order valence-corrected chi connectivity index (χ2v) is 5.91. The maximum absolute atomic E-state index is 6.26. The minimum absolute atomic E-state index is 0.574. The molecule has 2 nitrogen and oxygen atoms in total. The van der Waals surface area contributed by atoms with Crippen molar-refractivity contribution in [3.8, 4) is 0 Å². The van der Waals surface area contributed by atoms with Crippen LogP contribution < -0.4 is 0 Å². The van der Waals surface area contributed by atoms with Gasteiger partial charge in [0.1, 0.15) is 0 Å². The molecule has 0 bridgehead atoms. The van der Waals surface area contributed by atoms with Crippen LogP contribution in [0.25, 0.3) is 0 Å². The summed E-state index contributed by atoms with van der Waals surface area (Å²) in [5.74, 6) is 0.883. The first-order valence-electron chi connectivity index (χ1n) is 7.37. The van der Waals surface area contributed by atoms with Crippen molar-refractivity contribution in [2.45, 2.75) is 76.4 Å². The van der Waals surface area contributed by atoms with Crippen LogP contribution in [0.1, 0.15) is 64.2 Å². The fourth-order valence-electron chi connectivity index (χ4n) is 3.80. The first kappa shape index (κ1) is 11.0. The zero-order valence-electron chi connectivity index (χ0n) is 10.4. The first-order valence-corrected chi connectivity index (χ1v) is 7.37. The highest BCUT2D eigenvalue weighted by molar-refractivity contribution is 4.82. The maximum atomic E-state index is 6.26. The Bertz CT molecular complexity index is 222. The average Bonchev–Trinajstić information content (AvgIpc) is 2.39. The molecule has 2 unspecified atom stereocenters. The van der Waals surface area contributed by atoms with Crippen LogP contribution >= 0.6 is 0 Å². The fraction of sp³-hybridized carbons (Fsp3) is 1.00. The van der Waals surface area contributed by atoms with Gasteiger partial charge in [0, 0.05) is 12.6 Å². The summed E-state index contributed by atoms with van der Waals surface area (Å²) in [7, 11) is 0. The maximum Gasteiger partial charge on any atom is 0.0821 e. The lowest BCUT2D eigenvalue weighted by Gasteiger charge is -2.44. The van der Waals surface area contributed by atoms with Gasteiger partial charge in [-0.1, -0.05) is 32.1 Å². The Morgan fingerprint density at radius 1 is 0.750 bits per heavy atom. The molecule has 0 aromatic rings. The van der Waals surface area contributed by atoms with E-state index in [9.17, 15) is 0 Å². The van der Waals surface area contributed by atoms with Gasteiger partial charge in [-0.2, -0.15) is 5.06 Å². The molecule has 92 valence electrons. The van der Waals surface area contributed by atoms with Crippen molar-refractivity contribution in [2.24, 2.45) is 5.92 Å². The largest absolute Gasteiger partial charge is 0.295 e. The van der Waals surface area contributed by atoms with Gasteiger partial charge in [0.2, 0.25) is 0 Å². The van der Waals surface area contributed by atoms with Gasteiger partial charge in [-0.05, 0) is 38.0 Å². The summed E-state index contributed by atoms with van der Waals surface area (Å²) in [6.45, 7) is 1.20. The molecule has 1 aliphatic heterocycles. The lowest BCUT2D eigenvalue weighted by molar-refractivity contribution is -0.270. The molecule has 1 heterocycles. The first-order chi connectivity index (χ1) is 7.93. The van der Waals surface area contributed by atoms with Crippen LogP contribution in [0.2, 0.25) is 0 Å². The molecule has 0 aromatic carbocycles. The van der Waals surface area contributed by atoms with E-state index in [2.05, 4.69) is 5.06 Å². The number of hydrogen-bond donors (Lipinski definition) is 0. The molecule has 2 saturated carbocycles. The second-order valence-electron chi connectivity index (χ2n) is 5.91. The molecule has 0 amide bonds. The molecule has 3 aliphatic rings. The van der Waals surface area contributed by atoms with Crippen LogP contribution in [-0.2, 0) is 4.84 Å². The van der Waals surface area contributed by atoms with Crippen LogP contribution in [-0.4, -0.2) is 23.8 Å². The Morgan fingerprint density at radius 3 is 2.38 bits per heavy atom. The number of nitrogens with zero attached hydrogens (tertiary/aromatic N) is 1. The minimum Gasteiger partial charge on any atom is -0.295 e. The van der Waals surface area contributed by atoms with Gasteiger partial charge in [-0.15, -0.1) is 0 Å². The van der Waals surface area contributed by atoms with E-state index in [0.717, 1.165) is 12.0 Å². The van der Waals surface area contributed by atoms with E-state index in [1.807, 2.05) is 0 Å². The quantitative estimate of drug-likeness (QED) is 0.674. The Labute approximate surface area is 99.3 Å². The summed E-state index contributed by atoms with van der Waals surface area (Å²) >= 11 is 0. The highest BCUT2D eigenvalue weighted by atomic mass is 16.7. The lowest BCUT2D eigenvalue weighted by Crippen LogP contribution is -2.48. The van der Waals surface area contributed by atoms with Gasteiger partial charge in [-0.3, -0.25) is 4.84 Å². The Hall–Kier alpha value is -0.0800. The summed E-state index contributed by atoms with van der Waals surface area (Å²) < 4.78 is 0. The predicted octanol–water partition coefficient (Wildman–Crippen LogP) is 3.52. The van der Waals surface area contributed by atoms with E-state index < -0.39 is 0 Å². The molecule has 0 N–H and O–H groups in total. The minimum atomic E-state index is 0.574. The summed E-state index contributed by atoms with van der Waals surface area (Å²) in [5.41, 5.74) is 0. The van der Waals surface area contributed by atoms with Crippen molar-refractivity contribution in [1.29, 1.82) is 0 Å². The van der Waals surface area contributed by atoms with Gasteiger partial charge < -0.3 is 0 Å². The standard InChI is InChI=1S/C14H25NO/c1-2-7-13(8-3-1)15-11-10-12-6-4-5-9-14(12)16-15/h12-14H,1-11H2. The molecule has 2 atom stereocenters. The topological polar surface area (TPSA) is 12.5 Å². The third-order valence-electron chi connectivity index (χ3n) is 4.81. The van der Waals surface area contributed by atoms with Crippen molar-refractivity contribution in [1.82, 2.24) is 5.06 Å². The molecule has 16 heavy (non-hydrogen) atoms. The Balaban J connectivity index is 1.57. The van der Waals surface area contributed by atoms with Crippen molar-refractivity contribution in [3.63, 3.8) is 0 Å². The highest BCUT2D eigenvalue weighted by Crippen LogP contribution is 2.35. The third kappa shape index (κ3) is 2.28. The molecule has 3 fully saturated rings. The highest BCUT2D eigenvalue weighted by Gasteiger charge is 2.35. The molecule has 2 heteroatoms. The van der Waals surface area contributed by atoms with Gasteiger partial charge in [0.25, 0.3) is 0 Å². The van der Waals surface area contributed by atoms with Crippen molar-refractivity contribution in [2.75, 3.05) is 6.54 Å². The normalized spacial score (nSPS) is 38.2. The molecule has 0 radical (unpaired) electrons. The summed E-state index contributed by atoms with van der Waals surface area (Å²) in [6.07, 6.45) is 14.5. The van der Waals surface area contributed by atoms with E-state index in [4.69, 9.17) is 4.84 Å². The molecule has 2 aliphatic carbocycles. The van der Waals surface area contributed by atoms with E-state index in [0.29, 0.717) is 6.10 Å². The van der Waals surface area contributed by atoms with E-state index in [1.54, 1.807) is 0 Å². The van der Waals surface area contributed by atoms with Crippen molar-refractivity contribution < 1.29 is 4.84 Å². The van der Waals surface area contributed by atoms with Crippen LogP contribution in [0.4, 0.5) is 0 Å². The van der Waals surface area contributed by atoms with Gasteiger partial charge in [0.05, 0.1) is 6.10 Å². The van der Waals surface area contributed by atoms with Crippen molar-refractivity contribution in [3.05, 3.63) is 0 Å². The van der Waals surface area contributed by atoms with Crippen LogP contribution in [0, 0.1) is 5.92 Å². The Kier molecular flexibility index (Phi) is 3.49. The summed E-state index contributed by atoms with van der Waals surface area (Å²) in [6, 6.07) is 0.747. The number of hydrogen-bond acceptors (Lipinski definition) is 2. The SMILES string of the molecule is C1CCC(N2CCC3CCCCC3O2)CC1. The van der Waals surface area contributed by atoms with Crippen LogP contribution in [0.3, 0.4) is 0 Å². The molecule has 1 saturated heterocycles. The fourth-order valence-corrected chi connectivity index (χ4v) is 3.80. The van der Waals surface area contributed by atoms with E-state index in [-0.39, 0.29) is 0 Å². The monoisotopic (exact) mass is 223 g/mol. The van der Waals surface area contributed by atoms with Gasteiger partial charge >= 0.3 is 0 Å². The van der Waals surface area contributed by atoms with Crippen LogP contribution in [0.5, 0.6) is 0 Å². The summed E-state index contributed by atoms with van der Waals surface area (Å²) in [4.78, 5) is 6.26. The molecule has 0 aromatic heterocycles. The zero-order valence-corrected chi connectivity index (χ0v) is 10.4. The second kappa shape index (κ2) is 5.05. The average molecular weight is 223 g/mol. The number of hydroxylamine groups is 2. The third-order valence-corrected chi connectivity index (χ3v) is 4.81. The smallest absolute Gasteiger partial charge is 0.0821 e. The van der Waals surface area contributed by atoms with Crippen molar-refractivity contribution >= 4 is 0 Å². The van der Waals surface area contributed by atoms with E-state index >= 15 is 0 Å². The Morgan fingerprint density at radius 2 is 1.50 bits per heavy atom. The number of rotatable bonds is 1. The molecular weight excluding hydrogens is 198 g/mol. The molecule has 0 spiro atoms. The lowest BCUT2D eigenvalue weighted by atomic mass is 9.83. The van der Waals surface area contributed by atoms with Gasteiger partial charge in [-0.25, -0.2) is 0 Å². The molecular formula is C14H25NO. The van der Waals surface area contributed by atoms with Gasteiger partial charge in [0.15, 0.2) is 0 Å².